The number of nitrogens with zero attached hydrogens (tertiary/aromatic N) is 1. The topological polar surface area (TPSA) is 111 Å². The van der Waals surface area contributed by atoms with E-state index in [1.165, 1.54) is 263 Å². The molecule has 0 spiro atoms. The highest BCUT2D eigenvalue weighted by molar-refractivity contribution is 7.45. The van der Waals surface area contributed by atoms with Gasteiger partial charge in [0.15, 0.2) is 6.10 Å². The van der Waals surface area contributed by atoms with Crippen LogP contribution in [0.5, 0.6) is 0 Å². The van der Waals surface area contributed by atoms with Crippen molar-refractivity contribution in [1.82, 2.24) is 0 Å². The molecule has 0 amide bonds. The molecule has 2 atom stereocenters. The van der Waals surface area contributed by atoms with Crippen molar-refractivity contribution in [1.29, 1.82) is 0 Å². The predicted molar refractivity (Wildman–Crippen MR) is 397 cm³/mol. The lowest BCUT2D eigenvalue weighted by Crippen LogP contribution is -2.37. The average Bonchev–Trinajstić information content (AvgIpc) is 2.23. The van der Waals surface area contributed by atoms with Crippen molar-refractivity contribution >= 4 is 19.8 Å². The van der Waals surface area contributed by atoms with Crippen molar-refractivity contribution < 1.29 is 42.1 Å². The Bertz CT molecular complexity index is 1830. The maximum Gasteiger partial charge on any atom is 0.306 e. The first kappa shape index (κ1) is 89.2. The zero-order valence-corrected chi connectivity index (χ0v) is 62.1. The third-order valence-electron chi connectivity index (χ3n) is 17.4. The average molecular weight is 1310 g/mol. The van der Waals surface area contributed by atoms with Gasteiger partial charge in [0, 0.05) is 12.8 Å². The number of carbonyl (C=O) groups excluding carboxylic acids is 2. The van der Waals surface area contributed by atoms with E-state index in [-0.39, 0.29) is 32.0 Å². The number of quaternary nitrogens is 1. The summed E-state index contributed by atoms with van der Waals surface area (Å²) in [5, 5.41) is 0. The van der Waals surface area contributed by atoms with E-state index < -0.39 is 26.5 Å². The molecule has 92 heavy (non-hydrogen) atoms. The highest BCUT2D eigenvalue weighted by Gasteiger charge is 2.22. The molecule has 0 aromatic heterocycles. The Kier molecular flexibility index (Phi) is 70.2. The fourth-order valence-corrected chi connectivity index (χ4v) is 12.2. The van der Waals surface area contributed by atoms with Gasteiger partial charge in [0.1, 0.15) is 19.8 Å². The van der Waals surface area contributed by atoms with Crippen molar-refractivity contribution in [3.05, 3.63) is 85.1 Å². The summed E-state index contributed by atoms with van der Waals surface area (Å²) >= 11 is 0. The Hall–Kier alpha value is -2.81. The molecule has 2 unspecified atom stereocenters. The molecule has 0 fully saturated rings. The van der Waals surface area contributed by atoms with E-state index in [1.54, 1.807) is 0 Å². The van der Waals surface area contributed by atoms with Crippen LogP contribution < -0.4 is 4.89 Å². The van der Waals surface area contributed by atoms with Gasteiger partial charge in [-0.05, 0) is 89.9 Å². The molecule has 0 saturated heterocycles. The Morgan fingerprint density at radius 2 is 0.620 bits per heavy atom. The number of likely N-dealkylation sites (N-methyl/N-ethyl adjacent to an activating group) is 1. The first-order valence-corrected chi connectivity index (χ1v) is 40.8. The van der Waals surface area contributed by atoms with Crippen LogP contribution in [0, 0.1) is 0 Å². The molecule has 0 radical (unpaired) electrons. The van der Waals surface area contributed by atoms with Crippen LogP contribution in [0.15, 0.2) is 85.1 Å². The highest BCUT2D eigenvalue weighted by atomic mass is 31.2. The second kappa shape index (κ2) is 72.5. The number of allylic oxidation sites excluding steroid dienone is 14. The third-order valence-corrected chi connectivity index (χ3v) is 18.4. The van der Waals surface area contributed by atoms with E-state index >= 15 is 0 Å². The molecule has 0 aliphatic rings. The summed E-state index contributed by atoms with van der Waals surface area (Å²) in [6.07, 6.45) is 99.9. The van der Waals surface area contributed by atoms with Crippen LogP contribution in [0.4, 0.5) is 0 Å². The number of ether oxygens (including phenoxy) is 2. The molecular formula is C82H150NO8P. The minimum absolute atomic E-state index is 0.0313. The van der Waals surface area contributed by atoms with Gasteiger partial charge in [-0.3, -0.25) is 14.2 Å². The summed E-state index contributed by atoms with van der Waals surface area (Å²) in [5.41, 5.74) is 0. The Labute approximate surface area is 571 Å². The first-order valence-electron chi connectivity index (χ1n) is 39.3. The Morgan fingerprint density at radius 1 is 0.348 bits per heavy atom. The highest BCUT2D eigenvalue weighted by Crippen LogP contribution is 2.38. The normalized spacial score (nSPS) is 13.5. The molecule has 9 nitrogen and oxygen atoms in total. The van der Waals surface area contributed by atoms with Crippen LogP contribution >= 0.6 is 7.82 Å². The van der Waals surface area contributed by atoms with Crippen LogP contribution in [0.25, 0.3) is 0 Å². The van der Waals surface area contributed by atoms with Crippen molar-refractivity contribution in [2.75, 3.05) is 47.5 Å². The summed E-state index contributed by atoms with van der Waals surface area (Å²) in [6.45, 7) is 4.18. The first-order chi connectivity index (χ1) is 45.0. The largest absolute Gasteiger partial charge is 0.756 e. The third kappa shape index (κ3) is 76.2. The van der Waals surface area contributed by atoms with E-state index in [0.29, 0.717) is 17.4 Å². The maximum absolute atomic E-state index is 12.9. The summed E-state index contributed by atoms with van der Waals surface area (Å²) in [4.78, 5) is 38.2. The van der Waals surface area contributed by atoms with Gasteiger partial charge in [0.2, 0.25) is 0 Å². The van der Waals surface area contributed by atoms with Gasteiger partial charge in [-0.25, -0.2) is 0 Å². The van der Waals surface area contributed by atoms with Crippen LogP contribution in [-0.2, 0) is 32.7 Å². The summed E-state index contributed by atoms with van der Waals surface area (Å²) in [5.74, 6) is -0.818. The number of hydrogen-bond donors (Lipinski definition) is 0. The van der Waals surface area contributed by atoms with Crippen LogP contribution in [-0.4, -0.2) is 70.0 Å². The zero-order chi connectivity index (χ0) is 66.9. The van der Waals surface area contributed by atoms with Gasteiger partial charge < -0.3 is 27.9 Å². The number of carbonyl (C=O) groups is 2. The SMILES string of the molecule is CC/C=C\C/C=C\C/C=C\C/C=C\C/C=C\C/C=C\CCCCCCCCCCCCCCCCC(=O)OC(COC(=O)CCCCCCCCCCCCCCCCCCCCCCCCC/C=C\CCCCCCCCCC)COP(=O)([O-])OCC[N+](C)(C)C. The number of phosphoric acid groups is 1. The standard InChI is InChI=1S/C82H150NO8P/c1-6-8-10-12-14-16-18-20-22-24-26-28-30-32-34-36-38-40-41-43-44-46-48-50-52-54-56-58-60-62-64-66-68-70-72-74-81(84)88-78-80(79-90-92(86,87)89-77-76-83(3,4)5)91-82(85)75-73-71-69-67-65-63-61-59-57-55-53-51-49-47-45-42-39-37-35-33-31-29-27-25-23-21-19-17-15-13-11-9-7-2/h9,11,15,17,21,23-24,26-27,29,33,35,39,42,80H,6-8,10,12-14,16,18-20,22,25,28,30-32,34,36-38,40-41,43-79H2,1-5H3/b11-9-,17-15-,23-21-,26-24-,29-27-,35-33-,42-39-. The van der Waals surface area contributed by atoms with Crippen LogP contribution in [0.1, 0.15) is 373 Å². The molecule has 10 heteroatoms. The van der Waals surface area contributed by atoms with Crippen molar-refractivity contribution in [2.45, 2.75) is 380 Å². The Morgan fingerprint density at radius 3 is 0.935 bits per heavy atom. The molecule has 0 rings (SSSR count). The molecule has 536 valence electrons. The fraction of sp³-hybridized carbons (Fsp3) is 0.805. The second-order valence-electron chi connectivity index (χ2n) is 27.7. The minimum atomic E-state index is -4.65. The van der Waals surface area contributed by atoms with Gasteiger partial charge in [0.25, 0.3) is 7.82 Å². The molecular weight excluding hydrogens is 1160 g/mol. The molecule has 0 N–H and O–H groups in total. The van der Waals surface area contributed by atoms with E-state index in [0.717, 1.165) is 77.0 Å². The monoisotopic (exact) mass is 1310 g/mol. The molecule has 0 aromatic rings. The minimum Gasteiger partial charge on any atom is -0.756 e. The fourth-order valence-electron chi connectivity index (χ4n) is 11.4. The lowest BCUT2D eigenvalue weighted by atomic mass is 10.0. The molecule has 0 heterocycles. The maximum atomic E-state index is 12.9. The van der Waals surface area contributed by atoms with E-state index in [2.05, 4.69) is 98.9 Å². The van der Waals surface area contributed by atoms with Gasteiger partial charge in [-0.15, -0.1) is 0 Å². The number of hydrogen-bond acceptors (Lipinski definition) is 8. The van der Waals surface area contributed by atoms with E-state index in [1.807, 2.05) is 21.1 Å². The lowest BCUT2D eigenvalue weighted by Gasteiger charge is -2.28. The van der Waals surface area contributed by atoms with Crippen molar-refractivity contribution in [2.24, 2.45) is 0 Å². The van der Waals surface area contributed by atoms with Crippen LogP contribution in [0.2, 0.25) is 0 Å². The van der Waals surface area contributed by atoms with Gasteiger partial charge in [0.05, 0.1) is 27.7 Å². The Balaban J connectivity index is 3.96. The zero-order valence-electron chi connectivity index (χ0n) is 61.2. The number of rotatable bonds is 73. The summed E-state index contributed by atoms with van der Waals surface area (Å²) in [6, 6.07) is 0. The van der Waals surface area contributed by atoms with Crippen molar-refractivity contribution in [3.63, 3.8) is 0 Å². The number of phosphoric ester groups is 1. The lowest BCUT2D eigenvalue weighted by molar-refractivity contribution is -0.870. The number of unbranched alkanes of at least 4 members (excludes halogenated alkanes) is 45. The summed E-state index contributed by atoms with van der Waals surface area (Å²) in [7, 11) is 1.18. The van der Waals surface area contributed by atoms with Gasteiger partial charge >= 0.3 is 11.9 Å². The molecule has 0 aliphatic carbocycles. The molecule has 0 aromatic carbocycles. The van der Waals surface area contributed by atoms with E-state index in [9.17, 15) is 19.0 Å². The number of esters is 2. The summed E-state index contributed by atoms with van der Waals surface area (Å²) < 4.78 is 34.4. The molecule has 0 bridgehead atoms. The van der Waals surface area contributed by atoms with E-state index in [4.69, 9.17) is 18.5 Å². The predicted octanol–water partition coefficient (Wildman–Crippen LogP) is 25.4. The van der Waals surface area contributed by atoms with Gasteiger partial charge in [-0.2, -0.15) is 0 Å². The molecule has 0 saturated carbocycles. The smallest absolute Gasteiger partial charge is 0.306 e. The second-order valence-corrected chi connectivity index (χ2v) is 29.1. The quantitative estimate of drug-likeness (QED) is 0.0195. The van der Waals surface area contributed by atoms with Crippen molar-refractivity contribution in [3.8, 4) is 0 Å². The van der Waals surface area contributed by atoms with Crippen LogP contribution in [0.3, 0.4) is 0 Å². The molecule has 0 aliphatic heterocycles. The van der Waals surface area contributed by atoms with Gasteiger partial charge in [-0.1, -0.05) is 356 Å².